The molecule has 27 heavy (non-hydrogen) atoms. The van der Waals surface area contributed by atoms with Gasteiger partial charge in [-0.15, -0.1) is 0 Å². The number of aromatic nitrogens is 2. The molecule has 130 valence electrons. The quantitative estimate of drug-likeness (QED) is 0.553. The summed E-state index contributed by atoms with van der Waals surface area (Å²) in [5, 5.41) is 18.7. The fourth-order valence-electron chi connectivity index (χ4n) is 2.97. The van der Waals surface area contributed by atoms with Crippen molar-refractivity contribution >= 4 is 28.6 Å². The molecule has 0 amide bonds. The van der Waals surface area contributed by atoms with Gasteiger partial charge in [0.15, 0.2) is 0 Å². The van der Waals surface area contributed by atoms with Crippen molar-refractivity contribution in [3.05, 3.63) is 83.1 Å². The third-order valence-corrected chi connectivity index (χ3v) is 4.65. The number of carboxylic acid groups (broad SMARTS) is 1. The van der Waals surface area contributed by atoms with E-state index in [0.717, 1.165) is 16.8 Å². The van der Waals surface area contributed by atoms with E-state index >= 15 is 0 Å². The number of carboxylic acids is 1. The highest BCUT2D eigenvalue weighted by Crippen LogP contribution is 2.28. The molecular formula is C21H12ClN3O2. The van der Waals surface area contributed by atoms with Gasteiger partial charge in [-0.25, -0.2) is 9.78 Å². The first kappa shape index (κ1) is 16.8. The molecule has 4 rings (SSSR count). The van der Waals surface area contributed by atoms with Gasteiger partial charge in [-0.3, -0.25) is 4.57 Å². The molecule has 0 radical (unpaired) electrons. The smallest absolute Gasteiger partial charge is 0.335 e. The molecule has 6 heteroatoms. The van der Waals surface area contributed by atoms with Crippen molar-refractivity contribution in [1.82, 2.24) is 9.55 Å². The van der Waals surface area contributed by atoms with Crippen LogP contribution in [-0.2, 0) is 0 Å². The van der Waals surface area contributed by atoms with Gasteiger partial charge in [0.2, 0.25) is 0 Å². The lowest BCUT2D eigenvalue weighted by Crippen LogP contribution is -1.97. The number of nitriles is 1. The van der Waals surface area contributed by atoms with Gasteiger partial charge in [-0.1, -0.05) is 29.8 Å². The maximum Gasteiger partial charge on any atom is 0.335 e. The predicted octanol–water partition coefficient (Wildman–Crippen LogP) is 4.92. The number of benzene rings is 3. The van der Waals surface area contributed by atoms with Crippen molar-refractivity contribution in [1.29, 1.82) is 5.26 Å². The van der Waals surface area contributed by atoms with Crippen LogP contribution in [0.25, 0.3) is 27.8 Å². The van der Waals surface area contributed by atoms with Crippen LogP contribution in [0.3, 0.4) is 0 Å². The zero-order chi connectivity index (χ0) is 19.0. The summed E-state index contributed by atoms with van der Waals surface area (Å²) in [6, 6.07) is 19.9. The molecular weight excluding hydrogens is 362 g/mol. The van der Waals surface area contributed by atoms with Gasteiger partial charge < -0.3 is 5.11 Å². The lowest BCUT2D eigenvalue weighted by Gasteiger charge is -2.09. The fourth-order valence-corrected chi connectivity index (χ4v) is 3.19. The van der Waals surface area contributed by atoms with E-state index in [1.54, 1.807) is 30.6 Å². The van der Waals surface area contributed by atoms with Crippen LogP contribution in [0, 0.1) is 11.3 Å². The number of aromatic carboxylic acids is 1. The lowest BCUT2D eigenvalue weighted by atomic mass is 10.0. The number of fused-ring (bicyclic) bond motifs is 1. The Morgan fingerprint density at radius 3 is 2.63 bits per heavy atom. The van der Waals surface area contributed by atoms with Gasteiger partial charge in [0, 0.05) is 5.69 Å². The van der Waals surface area contributed by atoms with Crippen LogP contribution < -0.4 is 0 Å². The number of carbonyl (C=O) groups is 1. The summed E-state index contributed by atoms with van der Waals surface area (Å²) < 4.78 is 1.84. The molecule has 5 nitrogen and oxygen atoms in total. The summed E-state index contributed by atoms with van der Waals surface area (Å²) in [4.78, 5) is 15.6. The Kier molecular flexibility index (Phi) is 4.11. The predicted molar refractivity (Wildman–Crippen MR) is 103 cm³/mol. The van der Waals surface area contributed by atoms with Crippen molar-refractivity contribution < 1.29 is 9.90 Å². The number of hydrogen-bond donors (Lipinski definition) is 1. The Balaban J connectivity index is 1.82. The van der Waals surface area contributed by atoms with E-state index < -0.39 is 5.97 Å². The third-order valence-electron chi connectivity index (χ3n) is 4.34. The number of imidazole rings is 1. The van der Waals surface area contributed by atoms with Gasteiger partial charge >= 0.3 is 5.97 Å². The number of nitrogens with zero attached hydrogens (tertiary/aromatic N) is 3. The monoisotopic (exact) mass is 373 g/mol. The molecule has 1 heterocycles. The highest BCUT2D eigenvalue weighted by Gasteiger charge is 2.10. The van der Waals surface area contributed by atoms with Crippen LogP contribution in [0.1, 0.15) is 15.9 Å². The van der Waals surface area contributed by atoms with E-state index in [4.69, 9.17) is 16.9 Å². The van der Waals surface area contributed by atoms with Crippen molar-refractivity contribution in [2.24, 2.45) is 0 Å². The molecule has 0 bridgehead atoms. The summed E-state index contributed by atoms with van der Waals surface area (Å²) in [6.45, 7) is 0. The molecule has 0 aliphatic carbocycles. The van der Waals surface area contributed by atoms with E-state index in [1.807, 2.05) is 41.0 Å². The zero-order valence-electron chi connectivity index (χ0n) is 13.9. The van der Waals surface area contributed by atoms with Crippen molar-refractivity contribution in [3.63, 3.8) is 0 Å². The molecule has 0 atom stereocenters. The first-order valence-electron chi connectivity index (χ1n) is 8.07. The normalized spacial score (nSPS) is 10.7. The Morgan fingerprint density at radius 2 is 1.89 bits per heavy atom. The molecule has 1 aromatic heterocycles. The van der Waals surface area contributed by atoms with E-state index in [9.17, 15) is 9.90 Å². The van der Waals surface area contributed by atoms with E-state index in [0.29, 0.717) is 21.6 Å². The molecule has 0 aliphatic rings. The molecule has 4 aromatic rings. The molecule has 3 aromatic carbocycles. The lowest BCUT2D eigenvalue weighted by molar-refractivity contribution is 0.0697. The SMILES string of the molecule is N#Cc1ccc(-c2cccc(-n3cnc4ccc(C(=O)O)cc43)c2)cc1Cl. The van der Waals surface area contributed by atoms with Crippen LogP contribution in [0.2, 0.25) is 5.02 Å². The van der Waals surface area contributed by atoms with Crippen LogP contribution >= 0.6 is 11.6 Å². The number of rotatable bonds is 3. The number of halogens is 1. The molecule has 0 unspecified atom stereocenters. The first-order valence-corrected chi connectivity index (χ1v) is 8.45. The molecule has 0 saturated carbocycles. The average Bonchev–Trinajstić information content (AvgIpc) is 3.11. The van der Waals surface area contributed by atoms with E-state index in [2.05, 4.69) is 4.98 Å². The van der Waals surface area contributed by atoms with Crippen molar-refractivity contribution in [2.75, 3.05) is 0 Å². The minimum Gasteiger partial charge on any atom is -0.478 e. The van der Waals surface area contributed by atoms with E-state index in [-0.39, 0.29) is 5.56 Å². The van der Waals surface area contributed by atoms with Gasteiger partial charge in [0.05, 0.1) is 27.2 Å². The van der Waals surface area contributed by atoms with Crippen LogP contribution in [0.4, 0.5) is 0 Å². The standard InChI is InChI=1S/C21H12ClN3O2/c22-18-9-14(4-5-16(18)11-23)13-2-1-3-17(8-13)25-12-24-19-7-6-15(21(26)27)10-20(19)25/h1-10,12H,(H,26,27). The highest BCUT2D eigenvalue weighted by atomic mass is 35.5. The second kappa shape index (κ2) is 6.60. The Labute approximate surface area is 159 Å². The third kappa shape index (κ3) is 3.03. The summed E-state index contributed by atoms with van der Waals surface area (Å²) in [6.07, 6.45) is 1.67. The molecule has 1 N–H and O–H groups in total. The fraction of sp³-hybridized carbons (Fsp3) is 0. The van der Waals surface area contributed by atoms with Crippen LogP contribution in [-0.4, -0.2) is 20.6 Å². The van der Waals surface area contributed by atoms with Gasteiger partial charge in [0.25, 0.3) is 0 Å². The first-order chi connectivity index (χ1) is 13.1. The summed E-state index contributed by atoms with van der Waals surface area (Å²) >= 11 is 6.15. The maximum absolute atomic E-state index is 11.3. The summed E-state index contributed by atoms with van der Waals surface area (Å²) in [5.41, 5.74) is 4.72. The van der Waals surface area contributed by atoms with Crippen LogP contribution in [0.5, 0.6) is 0 Å². The Hall–Kier alpha value is -3.62. The highest BCUT2D eigenvalue weighted by molar-refractivity contribution is 6.32. The topological polar surface area (TPSA) is 78.9 Å². The number of hydrogen-bond acceptors (Lipinski definition) is 3. The maximum atomic E-state index is 11.3. The Morgan fingerprint density at radius 1 is 1.07 bits per heavy atom. The second-order valence-electron chi connectivity index (χ2n) is 5.98. The zero-order valence-corrected chi connectivity index (χ0v) is 14.7. The molecule has 0 fully saturated rings. The molecule has 0 aliphatic heterocycles. The average molecular weight is 374 g/mol. The van der Waals surface area contributed by atoms with Crippen LogP contribution in [0.15, 0.2) is 67.0 Å². The van der Waals surface area contributed by atoms with Gasteiger partial charge in [-0.2, -0.15) is 5.26 Å². The summed E-state index contributed by atoms with van der Waals surface area (Å²) in [7, 11) is 0. The second-order valence-corrected chi connectivity index (χ2v) is 6.39. The van der Waals surface area contributed by atoms with Crippen molar-refractivity contribution in [2.45, 2.75) is 0 Å². The minimum atomic E-state index is -0.981. The molecule has 0 saturated heterocycles. The van der Waals surface area contributed by atoms with Gasteiger partial charge in [-0.05, 0) is 53.6 Å². The minimum absolute atomic E-state index is 0.208. The Bertz CT molecular complexity index is 1240. The largest absolute Gasteiger partial charge is 0.478 e. The summed E-state index contributed by atoms with van der Waals surface area (Å²) in [5.74, 6) is -0.981. The van der Waals surface area contributed by atoms with Gasteiger partial charge in [0.1, 0.15) is 12.4 Å². The molecule has 0 spiro atoms. The van der Waals surface area contributed by atoms with E-state index in [1.165, 1.54) is 6.07 Å². The van der Waals surface area contributed by atoms with Crippen molar-refractivity contribution in [3.8, 4) is 22.9 Å².